The van der Waals surface area contributed by atoms with E-state index in [-0.39, 0.29) is 30.3 Å². The SMILES string of the molecule is CC(C)(C)c1ccc(Cc2ccccc2I)c(I)c1.CC(C)(C)c1ccc2c(c1)-c1ccccc1C2.[Zn]. The molecule has 0 atom stereocenters. The second kappa shape index (κ2) is 12.4. The molecule has 188 valence electrons. The Bertz CT molecular complexity index is 1370. The van der Waals surface area contributed by atoms with Crippen LogP contribution in [0.2, 0.25) is 0 Å². The van der Waals surface area contributed by atoms with Gasteiger partial charge in [0.2, 0.25) is 0 Å². The Hall–Kier alpha value is -1.04. The minimum atomic E-state index is 0. The third kappa shape index (κ3) is 7.54. The van der Waals surface area contributed by atoms with E-state index in [4.69, 9.17) is 0 Å². The zero-order chi connectivity index (χ0) is 26.1. The van der Waals surface area contributed by atoms with E-state index in [1.807, 2.05) is 0 Å². The Kier molecular flexibility index (Phi) is 10.2. The Labute approximate surface area is 264 Å². The molecular weight excluding hydrogens is 728 g/mol. The average Bonchev–Trinajstić information content (AvgIpc) is 3.19. The van der Waals surface area contributed by atoms with Crippen LogP contribution in [-0.4, -0.2) is 0 Å². The van der Waals surface area contributed by atoms with E-state index in [1.165, 1.54) is 51.6 Å². The molecule has 0 bridgehead atoms. The standard InChI is InChI=1S/C17H18I2.C17H18.Zn/c1-17(2,3)14-9-8-13(16(19)11-14)10-12-6-4-5-7-15(12)18;1-17(2,3)14-9-8-13-10-12-6-4-5-7-15(12)16(13)11-14;/h4-9,11H,10H2,1-3H3;4-9,11H,10H2,1-3H3;. The molecule has 4 aromatic carbocycles. The van der Waals surface area contributed by atoms with Gasteiger partial charge in [-0.1, -0.05) is 114 Å². The van der Waals surface area contributed by atoms with Crippen molar-refractivity contribution in [3.63, 3.8) is 0 Å². The summed E-state index contributed by atoms with van der Waals surface area (Å²) in [5.74, 6) is 0. The molecule has 0 unspecified atom stereocenters. The van der Waals surface area contributed by atoms with Crippen LogP contribution in [0.5, 0.6) is 0 Å². The number of hydrogen-bond donors (Lipinski definition) is 0. The Morgan fingerprint density at radius 3 is 1.76 bits per heavy atom. The molecule has 0 aliphatic heterocycles. The van der Waals surface area contributed by atoms with Crippen molar-refractivity contribution in [2.45, 2.75) is 65.2 Å². The predicted octanol–water partition coefficient (Wildman–Crippen LogP) is 10.3. The molecule has 3 heteroatoms. The average molecular weight is 764 g/mol. The zero-order valence-electron chi connectivity index (χ0n) is 23.0. The van der Waals surface area contributed by atoms with E-state index in [2.05, 4.69) is 172 Å². The first-order valence-corrected chi connectivity index (χ1v) is 14.8. The van der Waals surface area contributed by atoms with Crippen molar-refractivity contribution < 1.29 is 19.5 Å². The van der Waals surface area contributed by atoms with Gasteiger partial charge in [-0.25, -0.2) is 0 Å². The largest absolute Gasteiger partial charge is 0.0619 e. The molecule has 0 aromatic heterocycles. The van der Waals surface area contributed by atoms with E-state index in [9.17, 15) is 0 Å². The van der Waals surface area contributed by atoms with Gasteiger partial charge in [0.25, 0.3) is 0 Å². The smallest absolute Gasteiger partial charge is 0.0168 e. The van der Waals surface area contributed by atoms with Gasteiger partial charge in [0, 0.05) is 26.6 Å². The van der Waals surface area contributed by atoms with Crippen LogP contribution < -0.4 is 0 Å². The summed E-state index contributed by atoms with van der Waals surface area (Å²) >= 11 is 4.88. The van der Waals surface area contributed by atoms with Crippen LogP contribution in [0.25, 0.3) is 11.1 Å². The van der Waals surface area contributed by atoms with E-state index < -0.39 is 0 Å². The van der Waals surface area contributed by atoms with Crippen LogP contribution in [-0.2, 0) is 43.1 Å². The van der Waals surface area contributed by atoms with Gasteiger partial charge in [-0.15, -0.1) is 0 Å². The minimum absolute atomic E-state index is 0. The van der Waals surface area contributed by atoms with E-state index in [0.29, 0.717) is 0 Å². The topological polar surface area (TPSA) is 0 Å². The molecule has 37 heavy (non-hydrogen) atoms. The summed E-state index contributed by atoms with van der Waals surface area (Å²) in [5.41, 5.74) is 11.9. The maximum absolute atomic E-state index is 2.46. The second-order valence-electron chi connectivity index (χ2n) is 11.8. The Morgan fingerprint density at radius 2 is 1.11 bits per heavy atom. The van der Waals surface area contributed by atoms with Crippen molar-refractivity contribution >= 4 is 45.2 Å². The number of benzene rings is 4. The summed E-state index contributed by atoms with van der Waals surface area (Å²) in [6.07, 6.45) is 2.11. The van der Waals surface area contributed by atoms with Crippen LogP contribution in [0.4, 0.5) is 0 Å². The molecule has 5 rings (SSSR count). The third-order valence-electron chi connectivity index (χ3n) is 6.92. The number of hydrogen-bond acceptors (Lipinski definition) is 0. The van der Waals surface area contributed by atoms with Crippen molar-refractivity contribution in [1.29, 1.82) is 0 Å². The molecule has 0 saturated carbocycles. The van der Waals surface area contributed by atoms with Crippen LogP contribution in [0.15, 0.2) is 84.9 Å². The molecular formula is C34H36I2Zn. The molecule has 1 aliphatic rings. The summed E-state index contributed by atoms with van der Waals surface area (Å²) in [6, 6.07) is 31.2. The number of rotatable bonds is 2. The fourth-order valence-electron chi connectivity index (χ4n) is 4.59. The fraction of sp³-hybridized carbons (Fsp3) is 0.294. The molecule has 0 radical (unpaired) electrons. The van der Waals surface area contributed by atoms with E-state index in [1.54, 1.807) is 0 Å². The van der Waals surface area contributed by atoms with Gasteiger partial charge in [0.05, 0.1) is 0 Å². The minimum Gasteiger partial charge on any atom is -0.0619 e. The van der Waals surface area contributed by atoms with E-state index >= 15 is 0 Å². The van der Waals surface area contributed by atoms with Gasteiger partial charge in [-0.3, -0.25) is 0 Å². The normalized spacial score (nSPS) is 12.1. The molecule has 0 fully saturated rings. The first-order valence-electron chi connectivity index (χ1n) is 12.7. The van der Waals surface area contributed by atoms with Crippen molar-refractivity contribution in [2.24, 2.45) is 0 Å². The van der Waals surface area contributed by atoms with Gasteiger partial charge in [-0.05, 0) is 125 Å². The maximum Gasteiger partial charge on any atom is 0.0168 e. The van der Waals surface area contributed by atoms with Gasteiger partial charge < -0.3 is 0 Å². The number of fused-ring (bicyclic) bond motifs is 3. The molecule has 1 aliphatic carbocycles. The fourth-order valence-corrected chi connectivity index (χ4v) is 5.88. The number of halogens is 2. The van der Waals surface area contributed by atoms with Crippen molar-refractivity contribution in [3.05, 3.63) is 125 Å². The zero-order valence-corrected chi connectivity index (χ0v) is 30.2. The molecule has 0 heterocycles. The Balaban J connectivity index is 0.000000201. The van der Waals surface area contributed by atoms with E-state index in [0.717, 1.165) is 12.8 Å². The molecule has 0 N–H and O–H groups in total. The van der Waals surface area contributed by atoms with Crippen molar-refractivity contribution in [1.82, 2.24) is 0 Å². The van der Waals surface area contributed by atoms with Crippen LogP contribution in [0, 0.1) is 7.14 Å². The molecule has 0 saturated heterocycles. The first kappa shape index (κ1) is 30.5. The summed E-state index contributed by atoms with van der Waals surface area (Å²) in [5, 5.41) is 0. The van der Waals surface area contributed by atoms with Gasteiger partial charge in [0.1, 0.15) is 0 Å². The summed E-state index contributed by atoms with van der Waals surface area (Å²) in [7, 11) is 0. The van der Waals surface area contributed by atoms with Crippen molar-refractivity contribution in [2.75, 3.05) is 0 Å². The van der Waals surface area contributed by atoms with Gasteiger partial charge in [-0.2, -0.15) is 0 Å². The van der Waals surface area contributed by atoms with Crippen LogP contribution >= 0.6 is 45.2 Å². The predicted molar refractivity (Wildman–Crippen MR) is 173 cm³/mol. The summed E-state index contributed by atoms with van der Waals surface area (Å²) in [6.45, 7) is 13.6. The molecule has 0 spiro atoms. The quantitative estimate of drug-likeness (QED) is 0.124. The second-order valence-corrected chi connectivity index (χ2v) is 14.1. The monoisotopic (exact) mass is 762 g/mol. The van der Waals surface area contributed by atoms with Gasteiger partial charge in [0.15, 0.2) is 0 Å². The third-order valence-corrected chi connectivity index (χ3v) is 8.98. The summed E-state index contributed by atoms with van der Waals surface area (Å²) in [4.78, 5) is 0. The molecule has 4 aromatic rings. The molecule has 0 amide bonds. The van der Waals surface area contributed by atoms with Crippen LogP contribution in [0.1, 0.15) is 74.9 Å². The maximum atomic E-state index is 2.46. The van der Waals surface area contributed by atoms with Gasteiger partial charge >= 0.3 is 0 Å². The summed E-state index contributed by atoms with van der Waals surface area (Å²) < 4.78 is 2.71. The molecule has 0 nitrogen and oxygen atoms in total. The Morgan fingerprint density at radius 1 is 0.568 bits per heavy atom. The van der Waals surface area contributed by atoms with Crippen molar-refractivity contribution in [3.8, 4) is 11.1 Å². The van der Waals surface area contributed by atoms with Crippen LogP contribution in [0.3, 0.4) is 0 Å². The first-order chi connectivity index (χ1) is 16.9.